The van der Waals surface area contributed by atoms with Crippen molar-refractivity contribution in [1.82, 2.24) is 4.72 Å². The van der Waals surface area contributed by atoms with Crippen LogP contribution in [0.25, 0.3) is 0 Å². The zero-order chi connectivity index (χ0) is 36.1. The highest BCUT2D eigenvalue weighted by atomic mass is 32.2. The van der Waals surface area contributed by atoms with Crippen LogP contribution < -0.4 is 4.72 Å². The first-order chi connectivity index (χ1) is 22.1. The van der Waals surface area contributed by atoms with Gasteiger partial charge in [-0.05, 0) is 51.4 Å². The average molecular weight is 712 g/mol. The van der Waals surface area contributed by atoms with Gasteiger partial charge in [-0.25, -0.2) is 4.72 Å². The molecule has 0 aliphatic rings. The summed E-state index contributed by atoms with van der Waals surface area (Å²) in [4.78, 5) is 9.81. The van der Waals surface area contributed by atoms with Gasteiger partial charge in [0.25, 0.3) is 0 Å². The van der Waals surface area contributed by atoms with E-state index in [-0.39, 0.29) is 4.72 Å². The summed E-state index contributed by atoms with van der Waals surface area (Å²) in [6.07, 6.45) is 29.1. The van der Waals surface area contributed by atoms with E-state index in [1.54, 1.807) is 0 Å². The van der Waals surface area contributed by atoms with Crippen molar-refractivity contribution < 1.29 is 44.0 Å². The minimum Gasteiger partial charge on any atom is -0.324 e. The number of hydrogen-bond donors (Lipinski definition) is 1. The molecule has 0 aromatic heterocycles. The number of quaternary nitrogens is 1. The smallest absolute Gasteiger partial charge is 0.324 e. The number of carbonyl (C=O) groups is 1. The second-order valence-electron chi connectivity index (χ2n) is 13.2. The fourth-order valence-corrected chi connectivity index (χ4v) is 6.29. The highest BCUT2D eigenvalue weighted by molar-refractivity contribution is 7.90. The van der Waals surface area contributed by atoms with E-state index in [2.05, 4.69) is 27.7 Å². The third-order valence-corrected chi connectivity index (χ3v) is 9.80. The van der Waals surface area contributed by atoms with E-state index in [4.69, 9.17) is 0 Å². The van der Waals surface area contributed by atoms with Crippen molar-refractivity contribution in [3.63, 3.8) is 0 Å². The molecule has 0 atom stereocenters. The molecule has 0 bridgehead atoms. The highest BCUT2D eigenvalue weighted by Crippen LogP contribution is 2.24. The molecule has 0 aromatic rings. The Morgan fingerprint density at radius 3 is 0.915 bits per heavy atom. The number of amides is 1. The lowest BCUT2D eigenvalue weighted by Gasteiger charge is -2.40. The molecule has 12 heteroatoms. The molecule has 0 saturated carbocycles. The number of carbonyl (C=O) groups excluding carboxylic acids is 1. The largest absolute Gasteiger partial charge is 0.516 e. The zero-order valence-electron chi connectivity index (χ0n) is 30.1. The Morgan fingerprint density at radius 2 is 0.702 bits per heavy atom. The van der Waals surface area contributed by atoms with E-state index in [9.17, 15) is 39.6 Å². The molecule has 0 aliphatic heterocycles. The third kappa shape index (κ3) is 27.5. The molecule has 0 saturated heterocycles. The standard InChI is InChI=1S/C32H68N.C3HF6NO3S/c1-5-9-13-17-21-25-29-33(30-26-22-18-14-10-6-2,31-27-23-19-15-11-7-3)32-28-24-20-16-12-8-4;4-2(5,6)1(11)10-14(12,13)3(7,8)9/h5-32H2,1-4H3;(H,10,11)/q+1;. The van der Waals surface area contributed by atoms with E-state index in [1.165, 1.54) is 185 Å². The van der Waals surface area contributed by atoms with Crippen molar-refractivity contribution in [3.8, 4) is 0 Å². The molecule has 5 nitrogen and oxygen atoms in total. The number of rotatable bonds is 29. The van der Waals surface area contributed by atoms with Gasteiger partial charge in [0.2, 0.25) is 0 Å². The van der Waals surface area contributed by atoms with Gasteiger partial charge in [-0.15, -0.1) is 0 Å². The van der Waals surface area contributed by atoms with Gasteiger partial charge >= 0.3 is 27.6 Å². The van der Waals surface area contributed by atoms with Crippen molar-refractivity contribution in [3.05, 3.63) is 0 Å². The van der Waals surface area contributed by atoms with Crippen LogP contribution in [0.5, 0.6) is 0 Å². The first-order valence-electron chi connectivity index (χ1n) is 18.7. The van der Waals surface area contributed by atoms with E-state index >= 15 is 0 Å². The Kier molecular flexibility index (Phi) is 29.4. The quantitative estimate of drug-likeness (QED) is 0.0477. The Labute approximate surface area is 284 Å². The van der Waals surface area contributed by atoms with Crippen LogP contribution in [-0.2, 0) is 14.8 Å². The normalized spacial score (nSPS) is 12.6. The lowest BCUT2D eigenvalue weighted by molar-refractivity contribution is -0.929. The van der Waals surface area contributed by atoms with E-state index in [0.717, 1.165) is 0 Å². The molecule has 0 fully saturated rings. The Bertz CT molecular complexity index is 767. The van der Waals surface area contributed by atoms with Gasteiger partial charge in [0.05, 0.1) is 26.2 Å². The number of hydrogen-bond acceptors (Lipinski definition) is 3. The number of alkyl halides is 6. The van der Waals surface area contributed by atoms with Crippen molar-refractivity contribution in [2.45, 2.75) is 193 Å². The fraction of sp³-hybridized carbons (Fsp3) is 0.971. The molecule has 1 amide bonds. The third-order valence-electron chi connectivity index (χ3n) is 8.73. The van der Waals surface area contributed by atoms with Crippen molar-refractivity contribution in [1.29, 1.82) is 0 Å². The predicted molar refractivity (Wildman–Crippen MR) is 182 cm³/mol. The maximum absolute atomic E-state index is 11.4. The minimum atomic E-state index is -6.30. The van der Waals surface area contributed by atoms with E-state index in [0.29, 0.717) is 0 Å². The first-order valence-corrected chi connectivity index (χ1v) is 20.2. The van der Waals surface area contributed by atoms with Crippen LogP contribution in [-0.4, -0.2) is 56.7 Å². The maximum Gasteiger partial charge on any atom is 0.516 e. The van der Waals surface area contributed by atoms with Crippen LogP contribution in [0.1, 0.15) is 182 Å². The van der Waals surface area contributed by atoms with Gasteiger partial charge in [0, 0.05) is 0 Å². The topological polar surface area (TPSA) is 63.2 Å². The highest BCUT2D eigenvalue weighted by Gasteiger charge is 2.51. The SMILES string of the molecule is CCCCCCCC[N+](CCCCCCCC)(CCCCCCCC)CCCCCCCC.O=C(NS(=O)(=O)C(F)(F)F)C(F)(F)F. The summed E-state index contributed by atoms with van der Waals surface area (Å²) < 4.78 is 89.4. The van der Waals surface area contributed by atoms with Gasteiger partial charge in [-0.2, -0.15) is 34.8 Å². The first kappa shape index (κ1) is 48.1. The van der Waals surface area contributed by atoms with Crippen LogP contribution in [0.15, 0.2) is 0 Å². The molecule has 0 heterocycles. The molecular formula is C35H69F6N2O3S+. The van der Waals surface area contributed by atoms with E-state index in [1.807, 2.05) is 0 Å². The number of nitrogens with one attached hydrogen (secondary N) is 1. The molecule has 0 aliphatic carbocycles. The summed E-state index contributed by atoms with van der Waals surface area (Å²) in [6.45, 7) is 15.3. The van der Waals surface area contributed by atoms with Gasteiger partial charge in [0.1, 0.15) is 0 Å². The molecule has 1 N–H and O–H groups in total. The number of unbranched alkanes of at least 4 members (excludes halogenated alkanes) is 20. The second kappa shape index (κ2) is 28.8. The maximum atomic E-state index is 11.4. The summed E-state index contributed by atoms with van der Waals surface area (Å²) >= 11 is 0. The van der Waals surface area contributed by atoms with Gasteiger partial charge in [-0.1, -0.05) is 130 Å². The summed E-state index contributed by atoms with van der Waals surface area (Å²) in [5, 5.41) is 0. The summed E-state index contributed by atoms with van der Waals surface area (Å²) in [6, 6.07) is 0. The van der Waals surface area contributed by atoms with E-state index < -0.39 is 27.6 Å². The van der Waals surface area contributed by atoms with Gasteiger partial charge in [-0.3, -0.25) is 4.79 Å². The molecule has 0 rings (SSSR count). The van der Waals surface area contributed by atoms with Crippen LogP contribution in [0.4, 0.5) is 26.3 Å². The van der Waals surface area contributed by atoms with Crippen molar-refractivity contribution >= 4 is 15.9 Å². The van der Waals surface area contributed by atoms with Gasteiger partial charge in [0.15, 0.2) is 0 Å². The van der Waals surface area contributed by atoms with Crippen molar-refractivity contribution in [2.24, 2.45) is 0 Å². The molecule has 47 heavy (non-hydrogen) atoms. The summed E-state index contributed by atoms with van der Waals surface area (Å²) in [7, 11) is -6.30. The molecular weight excluding hydrogens is 642 g/mol. The Morgan fingerprint density at radius 1 is 0.468 bits per heavy atom. The van der Waals surface area contributed by atoms with Crippen LogP contribution in [0, 0.1) is 0 Å². The monoisotopic (exact) mass is 711 g/mol. The van der Waals surface area contributed by atoms with Crippen LogP contribution >= 0.6 is 0 Å². The minimum absolute atomic E-state index is 0.181. The Hall–Kier alpha value is -1.04. The van der Waals surface area contributed by atoms with Crippen LogP contribution in [0.3, 0.4) is 0 Å². The average Bonchev–Trinajstić information content (AvgIpc) is 2.99. The molecule has 284 valence electrons. The summed E-state index contributed by atoms with van der Waals surface area (Å²) in [5.74, 6) is -3.20. The molecule has 0 unspecified atom stereocenters. The predicted octanol–water partition coefficient (Wildman–Crippen LogP) is 11.8. The van der Waals surface area contributed by atoms with Gasteiger partial charge < -0.3 is 4.48 Å². The Balaban J connectivity index is 0. The lowest BCUT2D eigenvalue weighted by Crippen LogP contribution is -2.50. The number of nitrogens with zero attached hydrogens (tertiary/aromatic N) is 1. The van der Waals surface area contributed by atoms with Crippen molar-refractivity contribution in [2.75, 3.05) is 26.2 Å². The second-order valence-corrected chi connectivity index (χ2v) is 14.9. The van der Waals surface area contributed by atoms with Crippen LogP contribution in [0.2, 0.25) is 0 Å². The number of halogens is 6. The number of sulfonamides is 1. The molecule has 0 radical (unpaired) electrons. The molecule has 0 spiro atoms. The molecule has 0 aromatic carbocycles. The zero-order valence-corrected chi connectivity index (χ0v) is 31.0. The fourth-order valence-electron chi connectivity index (χ4n) is 5.82. The summed E-state index contributed by atoms with van der Waals surface area (Å²) in [5.41, 5.74) is -5.96. The lowest BCUT2D eigenvalue weighted by atomic mass is 10.0.